The first-order valence-corrected chi connectivity index (χ1v) is 7.83. The zero-order chi connectivity index (χ0) is 13.0. The SMILES string of the molecule is CC(C)N(C)CCCCNC1CN2CCC1CC2. The number of nitrogens with one attached hydrogen (secondary N) is 1. The Morgan fingerprint density at radius 3 is 2.50 bits per heavy atom. The molecule has 18 heavy (non-hydrogen) atoms. The maximum absolute atomic E-state index is 3.80. The molecule has 3 fully saturated rings. The van der Waals surface area contributed by atoms with Gasteiger partial charge in [0.2, 0.25) is 0 Å². The van der Waals surface area contributed by atoms with Crippen molar-refractivity contribution in [1.82, 2.24) is 15.1 Å². The van der Waals surface area contributed by atoms with Crippen LogP contribution in [0.3, 0.4) is 0 Å². The average Bonchev–Trinajstić information content (AvgIpc) is 2.39. The summed E-state index contributed by atoms with van der Waals surface area (Å²) >= 11 is 0. The predicted octanol–water partition coefficient (Wildman–Crippen LogP) is 1.79. The topological polar surface area (TPSA) is 18.5 Å². The van der Waals surface area contributed by atoms with Gasteiger partial charge in [0.1, 0.15) is 0 Å². The Morgan fingerprint density at radius 2 is 1.94 bits per heavy atom. The van der Waals surface area contributed by atoms with Crippen molar-refractivity contribution in [1.29, 1.82) is 0 Å². The van der Waals surface area contributed by atoms with Crippen molar-refractivity contribution in [3.8, 4) is 0 Å². The maximum Gasteiger partial charge on any atom is 0.0224 e. The van der Waals surface area contributed by atoms with Crippen LogP contribution in [0.4, 0.5) is 0 Å². The number of unbranched alkanes of at least 4 members (excludes halogenated alkanes) is 1. The molecule has 3 saturated heterocycles. The Labute approximate surface area is 113 Å². The number of nitrogens with zero attached hydrogens (tertiary/aromatic N) is 2. The maximum atomic E-state index is 3.80. The van der Waals surface area contributed by atoms with Gasteiger partial charge in [0, 0.05) is 18.6 Å². The van der Waals surface area contributed by atoms with Crippen molar-refractivity contribution in [2.45, 2.75) is 51.6 Å². The highest BCUT2D eigenvalue weighted by atomic mass is 15.2. The van der Waals surface area contributed by atoms with E-state index in [0.29, 0.717) is 6.04 Å². The van der Waals surface area contributed by atoms with E-state index in [-0.39, 0.29) is 0 Å². The van der Waals surface area contributed by atoms with Crippen LogP contribution in [0.1, 0.15) is 39.5 Å². The Bertz CT molecular complexity index is 234. The van der Waals surface area contributed by atoms with Crippen LogP contribution < -0.4 is 5.32 Å². The Kier molecular flexibility index (Phi) is 5.46. The van der Waals surface area contributed by atoms with E-state index in [9.17, 15) is 0 Å². The van der Waals surface area contributed by atoms with Crippen molar-refractivity contribution >= 4 is 0 Å². The highest BCUT2D eigenvalue weighted by Crippen LogP contribution is 2.27. The van der Waals surface area contributed by atoms with E-state index < -0.39 is 0 Å². The molecule has 3 aliphatic rings. The lowest BCUT2D eigenvalue weighted by molar-refractivity contribution is 0.0726. The van der Waals surface area contributed by atoms with E-state index in [1.165, 1.54) is 58.4 Å². The van der Waals surface area contributed by atoms with Crippen molar-refractivity contribution in [3.05, 3.63) is 0 Å². The second kappa shape index (κ2) is 6.88. The average molecular weight is 253 g/mol. The van der Waals surface area contributed by atoms with Gasteiger partial charge in [0.05, 0.1) is 0 Å². The summed E-state index contributed by atoms with van der Waals surface area (Å²) in [7, 11) is 2.23. The van der Waals surface area contributed by atoms with Crippen LogP contribution in [-0.4, -0.2) is 61.7 Å². The number of rotatable bonds is 7. The summed E-state index contributed by atoms with van der Waals surface area (Å²) in [5, 5.41) is 3.80. The van der Waals surface area contributed by atoms with Crippen molar-refractivity contribution in [3.63, 3.8) is 0 Å². The van der Waals surface area contributed by atoms with Crippen LogP contribution in [-0.2, 0) is 0 Å². The number of hydrogen-bond acceptors (Lipinski definition) is 3. The third kappa shape index (κ3) is 3.94. The summed E-state index contributed by atoms with van der Waals surface area (Å²) in [6.07, 6.45) is 5.49. The van der Waals surface area contributed by atoms with Crippen LogP contribution in [0, 0.1) is 5.92 Å². The quantitative estimate of drug-likeness (QED) is 0.698. The summed E-state index contributed by atoms with van der Waals surface area (Å²) in [6.45, 7) is 11.0. The molecule has 0 amide bonds. The zero-order valence-electron chi connectivity index (χ0n) is 12.5. The summed E-state index contributed by atoms with van der Waals surface area (Å²) < 4.78 is 0. The minimum atomic E-state index is 0.680. The minimum Gasteiger partial charge on any atom is -0.312 e. The Morgan fingerprint density at radius 1 is 1.22 bits per heavy atom. The molecule has 3 rings (SSSR count). The molecule has 1 atom stereocenters. The number of hydrogen-bond donors (Lipinski definition) is 1. The van der Waals surface area contributed by atoms with Gasteiger partial charge in [-0.15, -0.1) is 0 Å². The molecule has 1 unspecified atom stereocenters. The van der Waals surface area contributed by atoms with E-state index in [2.05, 4.69) is 36.0 Å². The van der Waals surface area contributed by atoms with Crippen molar-refractivity contribution in [2.24, 2.45) is 5.92 Å². The molecule has 3 heterocycles. The standard InChI is InChI=1S/C15H31N3/c1-13(2)17(3)9-5-4-8-16-15-12-18-10-6-14(15)7-11-18/h13-16H,4-12H2,1-3H3. The molecule has 3 heteroatoms. The lowest BCUT2D eigenvalue weighted by Crippen LogP contribution is -2.56. The first kappa shape index (κ1) is 14.3. The van der Waals surface area contributed by atoms with Crippen molar-refractivity contribution < 1.29 is 0 Å². The van der Waals surface area contributed by atoms with Gasteiger partial charge in [0.15, 0.2) is 0 Å². The first-order chi connectivity index (χ1) is 8.66. The molecule has 3 aliphatic heterocycles. The Balaban J connectivity index is 1.53. The molecule has 106 valence electrons. The summed E-state index contributed by atoms with van der Waals surface area (Å²) in [5.41, 5.74) is 0. The first-order valence-electron chi connectivity index (χ1n) is 7.83. The molecule has 1 N–H and O–H groups in total. The monoisotopic (exact) mass is 253 g/mol. The van der Waals surface area contributed by atoms with E-state index in [1.807, 2.05) is 0 Å². The minimum absolute atomic E-state index is 0.680. The van der Waals surface area contributed by atoms with Crippen LogP contribution in [0.15, 0.2) is 0 Å². The second-order valence-corrected chi connectivity index (χ2v) is 6.48. The van der Waals surface area contributed by atoms with Crippen LogP contribution >= 0.6 is 0 Å². The normalized spacial score (nSPS) is 31.5. The Hall–Kier alpha value is -0.120. The smallest absolute Gasteiger partial charge is 0.0224 e. The van der Waals surface area contributed by atoms with Crippen LogP contribution in [0.5, 0.6) is 0 Å². The largest absolute Gasteiger partial charge is 0.312 e. The molecule has 0 aliphatic carbocycles. The molecular weight excluding hydrogens is 222 g/mol. The third-order valence-electron chi connectivity index (χ3n) is 4.88. The van der Waals surface area contributed by atoms with Gasteiger partial charge >= 0.3 is 0 Å². The molecule has 0 radical (unpaired) electrons. The summed E-state index contributed by atoms with van der Waals surface area (Å²) in [6, 6.07) is 1.47. The fourth-order valence-electron chi connectivity index (χ4n) is 3.23. The lowest BCUT2D eigenvalue weighted by Gasteiger charge is -2.45. The summed E-state index contributed by atoms with van der Waals surface area (Å²) in [4.78, 5) is 5.07. The van der Waals surface area contributed by atoms with Gasteiger partial charge in [-0.1, -0.05) is 0 Å². The van der Waals surface area contributed by atoms with E-state index in [0.717, 1.165) is 12.0 Å². The lowest BCUT2D eigenvalue weighted by atomic mass is 9.84. The molecule has 0 aromatic rings. The van der Waals surface area contributed by atoms with Crippen molar-refractivity contribution in [2.75, 3.05) is 39.8 Å². The van der Waals surface area contributed by atoms with Crippen LogP contribution in [0.2, 0.25) is 0 Å². The molecule has 0 aromatic carbocycles. The number of fused-ring (bicyclic) bond motifs is 3. The zero-order valence-corrected chi connectivity index (χ0v) is 12.5. The van der Waals surface area contributed by atoms with Gasteiger partial charge in [-0.05, 0) is 78.7 Å². The highest BCUT2D eigenvalue weighted by Gasteiger charge is 2.33. The fraction of sp³-hybridized carbons (Fsp3) is 1.00. The van der Waals surface area contributed by atoms with Gasteiger partial charge in [0.25, 0.3) is 0 Å². The van der Waals surface area contributed by atoms with E-state index in [1.54, 1.807) is 0 Å². The molecule has 3 nitrogen and oxygen atoms in total. The molecule has 2 bridgehead atoms. The van der Waals surface area contributed by atoms with Gasteiger partial charge in [-0.3, -0.25) is 0 Å². The predicted molar refractivity (Wildman–Crippen MR) is 78.0 cm³/mol. The third-order valence-corrected chi connectivity index (χ3v) is 4.88. The second-order valence-electron chi connectivity index (χ2n) is 6.48. The van der Waals surface area contributed by atoms with Crippen LogP contribution in [0.25, 0.3) is 0 Å². The number of piperidine rings is 3. The molecule has 0 saturated carbocycles. The van der Waals surface area contributed by atoms with Gasteiger partial charge in [-0.2, -0.15) is 0 Å². The molecular formula is C15H31N3. The van der Waals surface area contributed by atoms with Gasteiger partial charge in [-0.25, -0.2) is 0 Å². The summed E-state index contributed by atoms with van der Waals surface area (Å²) in [5.74, 6) is 0.966. The molecule has 0 aromatic heterocycles. The fourth-order valence-corrected chi connectivity index (χ4v) is 3.23. The van der Waals surface area contributed by atoms with E-state index in [4.69, 9.17) is 0 Å². The highest BCUT2D eigenvalue weighted by molar-refractivity contribution is 4.90. The molecule has 0 spiro atoms. The van der Waals surface area contributed by atoms with Gasteiger partial charge < -0.3 is 15.1 Å². The van der Waals surface area contributed by atoms with E-state index >= 15 is 0 Å².